The minimum absolute atomic E-state index is 0.149. The van der Waals surface area contributed by atoms with Crippen LogP contribution in [0.2, 0.25) is 0 Å². The van der Waals surface area contributed by atoms with Crippen LogP contribution in [0, 0.1) is 6.92 Å². The Morgan fingerprint density at radius 3 is 2.81 bits per heavy atom. The van der Waals surface area contributed by atoms with E-state index < -0.39 is 0 Å². The summed E-state index contributed by atoms with van der Waals surface area (Å²) in [5.41, 5.74) is 8.36. The molecule has 1 atom stereocenters. The lowest BCUT2D eigenvalue weighted by molar-refractivity contribution is 0.406. The van der Waals surface area contributed by atoms with Gasteiger partial charge in [0.2, 0.25) is 0 Å². The number of aryl methyl sites for hydroxylation is 1. The van der Waals surface area contributed by atoms with Crippen molar-refractivity contribution < 1.29 is 4.74 Å². The zero-order valence-electron chi connectivity index (χ0n) is 9.31. The number of rotatable bonds is 3. The molecule has 0 bridgehead atoms. The molecule has 3 nitrogen and oxygen atoms in total. The summed E-state index contributed by atoms with van der Waals surface area (Å²) in [6, 6.07) is 3.81. The molecule has 0 aliphatic carbocycles. The predicted molar refractivity (Wildman–Crippen MR) is 65.9 cm³/mol. The SMILES string of the molecule is COc1cnccc1C(N)c1ccsc1C. The lowest BCUT2D eigenvalue weighted by Crippen LogP contribution is -2.13. The third-order valence-electron chi connectivity index (χ3n) is 2.61. The first-order chi connectivity index (χ1) is 7.74. The number of nitrogens with zero attached hydrogens (tertiary/aromatic N) is 1. The van der Waals surface area contributed by atoms with Crippen molar-refractivity contribution in [2.45, 2.75) is 13.0 Å². The van der Waals surface area contributed by atoms with Crippen molar-refractivity contribution in [3.05, 3.63) is 45.9 Å². The second kappa shape index (κ2) is 4.63. The molecule has 0 aliphatic rings. The molecule has 2 aromatic heterocycles. The molecule has 0 spiro atoms. The largest absolute Gasteiger partial charge is 0.495 e. The number of ether oxygens (including phenoxy) is 1. The Morgan fingerprint density at radius 1 is 1.38 bits per heavy atom. The highest BCUT2D eigenvalue weighted by Gasteiger charge is 2.16. The zero-order chi connectivity index (χ0) is 11.5. The lowest BCUT2D eigenvalue weighted by atomic mass is 10.0. The van der Waals surface area contributed by atoms with Gasteiger partial charge in [0.25, 0.3) is 0 Å². The van der Waals surface area contributed by atoms with Crippen LogP contribution in [0.5, 0.6) is 5.75 Å². The molecule has 2 aromatic rings. The molecule has 0 aromatic carbocycles. The van der Waals surface area contributed by atoms with Crippen molar-refractivity contribution in [3.8, 4) is 5.75 Å². The molecule has 0 saturated heterocycles. The molecule has 0 aliphatic heterocycles. The second-order valence-corrected chi connectivity index (χ2v) is 4.65. The molecule has 0 fully saturated rings. The van der Waals surface area contributed by atoms with Gasteiger partial charge in [-0.2, -0.15) is 0 Å². The van der Waals surface area contributed by atoms with Crippen LogP contribution in [0.15, 0.2) is 29.9 Å². The summed E-state index contributed by atoms with van der Waals surface area (Å²) in [7, 11) is 1.63. The molecule has 0 amide bonds. The Balaban J connectivity index is 2.41. The van der Waals surface area contributed by atoms with Crippen LogP contribution in [-0.2, 0) is 0 Å². The van der Waals surface area contributed by atoms with E-state index in [9.17, 15) is 0 Å². The predicted octanol–water partition coefficient (Wildman–Crippen LogP) is 2.51. The summed E-state index contributed by atoms with van der Waals surface area (Å²) < 4.78 is 5.27. The number of hydrogen-bond acceptors (Lipinski definition) is 4. The van der Waals surface area contributed by atoms with Gasteiger partial charge in [-0.25, -0.2) is 0 Å². The summed E-state index contributed by atoms with van der Waals surface area (Å²) in [4.78, 5) is 5.27. The quantitative estimate of drug-likeness (QED) is 0.887. The van der Waals surface area contributed by atoms with Gasteiger partial charge in [-0.1, -0.05) is 0 Å². The first-order valence-electron chi connectivity index (χ1n) is 5.01. The fourth-order valence-electron chi connectivity index (χ4n) is 1.70. The van der Waals surface area contributed by atoms with Gasteiger partial charge in [0.15, 0.2) is 0 Å². The fraction of sp³-hybridized carbons (Fsp3) is 0.250. The monoisotopic (exact) mass is 234 g/mol. The standard InChI is InChI=1S/C12H14N2OS/c1-8-9(4-6-16-8)12(13)10-3-5-14-7-11(10)15-2/h3-7,12H,13H2,1-2H3. The van der Waals surface area contributed by atoms with Crippen molar-refractivity contribution >= 4 is 11.3 Å². The summed E-state index contributed by atoms with van der Waals surface area (Å²) in [5, 5.41) is 2.05. The molecule has 16 heavy (non-hydrogen) atoms. The van der Waals surface area contributed by atoms with Gasteiger partial charge in [0.05, 0.1) is 19.3 Å². The smallest absolute Gasteiger partial charge is 0.142 e. The van der Waals surface area contributed by atoms with E-state index in [4.69, 9.17) is 10.5 Å². The molecule has 84 valence electrons. The second-order valence-electron chi connectivity index (χ2n) is 3.53. The number of pyridine rings is 1. The highest BCUT2D eigenvalue weighted by Crippen LogP contribution is 2.30. The molecule has 1 unspecified atom stereocenters. The van der Waals surface area contributed by atoms with Crippen LogP contribution in [-0.4, -0.2) is 12.1 Å². The number of aromatic nitrogens is 1. The summed E-state index contributed by atoms with van der Waals surface area (Å²) in [6.07, 6.45) is 3.43. The number of hydrogen-bond donors (Lipinski definition) is 1. The average Bonchev–Trinajstić information content (AvgIpc) is 2.74. The van der Waals surface area contributed by atoms with Gasteiger partial charge in [0.1, 0.15) is 5.75 Å². The van der Waals surface area contributed by atoms with Crippen molar-refractivity contribution in [1.82, 2.24) is 4.98 Å². The number of thiophene rings is 1. The topological polar surface area (TPSA) is 48.1 Å². The van der Waals surface area contributed by atoms with Gasteiger partial charge >= 0.3 is 0 Å². The summed E-state index contributed by atoms with van der Waals surface area (Å²) in [5.74, 6) is 0.737. The van der Waals surface area contributed by atoms with E-state index in [2.05, 4.69) is 23.4 Å². The summed E-state index contributed by atoms with van der Waals surface area (Å²) >= 11 is 1.70. The number of nitrogens with two attached hydrogens (primary N) is 1. The molecule has 2 rings (SSSR count). The Kier molecular flexibility index (Phi) is 3.22. The maximum absolute atomic E-state index is 6.24. The molecule has 2 N–H and O–H groups in total. The van der Waals surface area contributed by atoms with Crippen molar-refractivity contribution in [2.24, 2.45) is 5.73 Å². The Hall–Kier alpha value is -1.39. The van der Waals surface area contributed by atoms with Gasteiger partial charge in [-0.05, 0) is 30.0 Å². The third-order valence-corrected chi connectivity index (χ3v) is 3.47. The van der Waals surface area contributed by atoms with Gasteiger partial charge in [0, 0.05) is 16.6 Å². The van der Waals surface area contributed by atoms with E-state index in [0.717, 1.165) is 16.9 Å². The van der Waals surface area contributed by atoms with Crippen LogP contribution in [0.4, 0.5) is 0 Å². The van der Waals surface area contributed by atoms with Crippen LogP contribution < -0.4 is 10.5 Å². The first kappa shape index (κ1) is 11.1. The van der Waals surface area contributed by atoms with Crippen LogP contribution >= 0.6 is 11.3 Å². The minimum Gasteiger partial charge on any atom is -0.495 e. The first-order valence-corrected chi connectivity index (χ1v) is 5.89. The minimum atomic E-state index is -0.149. The van der Waals surface area contributed by atoms with E-state index in [0.29, 0.717) is 0 Å². The van der Waals surface area contributed by atoms with Crippen LogP contribution in [0.3, 0.4) is 0 Å². The summed E-state index contributed by atoms with van der Waals surface area (Å²) in [6.45, 7) is 2.08. The maximum Gasteiger partial charge on any atom is 0.142 e. The Bertz CT molecular complexity index is 481. The molecular weight excluding hydrogens is 220 g/mol. The van der Waals surface area contributed by atoms with E-state index in [1.54, 1.807) is 30.8 Å². The van der Waals surface area contributed by atoms with Gasteiger partial charge in [-0.15, -0.1) is 11.3 Å². The van der Waals surface area contributed by atoms with Crippen molar-refractivity contribution in [1.29, 1.82) is 0 Å². The average molecular weight is 234 g/mol. The molecule has 0 saturated carbocycles. The van der Waals surface area contributed by atoms with Gasteiger partial charge in [-0.3, -0.25) is 4.98 Å². The van der Waals surface area contributed by atoms with Crippen molar-refractivity contribution in [3.63, 3.8) is 0 Å². The Morgan fingerprint density at radius 2 is 2.19 bits per heavy atom. The zero-order valence-corrected chi connectivity index (χ0v) is 10.1. The lowest BCUT2D eigenvalue weighted by Gasteiger charge is -2.15. The van der Waals surface area contributed by atoms with E-state index >= 15 is 0 Å². The molecule has 2 heterocycles. The van der Waals surface area contributed by atoms with Crippen LogP contribution in [0.25, 0.3) is 0 Å². The third kappa shape index (κ3) is 1.94. The molecular formula is C12H14N2OS. The molecule has 4 heteroatoms. The van der Waals surface area contributed by atoms with E-state index in [1.807, 2.05) is 6.07 Å². The van der Waals surface area contributed by atoms with Crippen molar-refractivity contribution in [2.75, 3.05) is 7.11 Å². The van der Waals surface area contributed by atoms with Gasteiger partial charge < -0.3 is 10.5 Å². The van der Waals surface area contributed by atoms with E-state index in [1.165, 1.54) is 4.88 Å². The Labute approximate surface area is 98.9 Å². The van der Waals surface area contributed by atoms with Crippen LogP contribution in [0.1, 0.15) is 22.0 Å². The number of methoxy groups -OCH3 is 1. The highest BCUT2D eigenvalue weighted by atomic mass is 32.1. The normalized spacial score (nSPS) is 12.4. The maximum atomic E-state index is 6.24. The molecule has 0 radical (unpaired) electrons. The highest BCUT2D eigenvalue weighted by molar-refractivity contribution is 7.10. The van der Waals surface area contributed by atoms with E-state index in [-0.39, 0.29) is 6.04 Å². The fourth-order valence-corrected chi connectivity index (χ4v) is 2.45.